The molecule has 0 aliphatic carbocycles. The summed E-state index contributed by atoms with van der Waals surface area (Å²) in [7, 11) is 0. The van der Waals surface area contributed by atoms with E-state index >= 15 is 0 Å². The van der Waals surface area contributed by atoms with Crippen LogP contribution < -0.4 is 5.32 Å². The van der Waals surface area contributed by atoms with E-state index < -0.39 is 0 Å². The molecule has 3 rings (SSSR count). The van der Waals surface area contributed by atoms with E-state index in [1.54, 1.807) is 18.2 Å². The smallest absolute Gasteiger partial charge is 0.253 e. The molecule has 1 heterocycles. The molecule has 4 nitrogen and oxygen atoms in total. The molecule has 0 spiro atoms. The fourth-order valence-corrected chi connectivity index (χ4v) is 3.64. The highest BCUT2D eigenvalue weighted by atomic mass is 35.5. The number of aryl methyl sites for hydroxylation is 1. The Morgan fingerprint density at radius 1 is 1.04 bits per heavy atom. The fraction of sp³-hybridized carbons (Fsp3) is 0.333. The van der Waals surface area contributed by atoms with Gasteiger partial charge in [-0.05, 0) is 43.0 Å². The van der Waals surface area contributed by atoms with Crippen molar-refractivity contribution in [2.24, 2.45) is 0 Å². The maximum Gasteiger partial charge on any atom is 0.253 e. The SMILES string of the molecule is O=C(NC1CCN(C(=O)CCc2ccccc2)CC1)c1cc(Cl)ccc1Cl. The van der Waals surface area contributed by atoms with E-state index in [-0.39, 0.29) is 17.9 Å². The van der Waals surface area contributed by atoms with Gasteiger partial charge in [0.15, 0.2) is 0 Å². The molecule has 2 aromatic rings. The van der Waals surface area contributed by atoms with Gasteiger partial charge in [0.1, 0.15) is 0 Å². The molecule has 1 aliphatic heterocycles. The minimum Gasteiger partial charge on any atom is -0.349 e. The summed E-state index contributed by atoms with van der Waals surface area (Å²) >= 11 is 12.0. The van der Waals surface area contributed by atoms with E-state index in [4.69, 9.17) is 23.2 Å². The molecule has 0 saturated carbocycles. The first-order chi connectivity index (χ1) is 13.0. The molecule has 1 N–H and O–H groups in total. The van der Waals surface area contributed by atoms with Crippen LogP contribution in [-0.2, 0) is 11.2 Å². The number of rotatable bonds is 5. The summed E-state index contributed by atoms with van der Waals surface area (Å²) in [5.41, 5.74) is 1.55. The zero-order valence-corrected chi connectivity index (χ0v) is 16.5. The molecule has 1 fully saturated rings. The summed E-state index contributed by atoms with van der Waals surface area (Å²) in [5, 5.41) is 3.86. The third-order valence-corrected chi connectivity index (χ3v) is 5.39. The second-order valence-electron chi connectivity index (χ2n) is 6.74. The van der Waals surface area contributed by atoms with Crippen LogP contribution in [0.4, 0.5) is 0 Å². The summed E-state index contributed by atoms with van der Waals surface area (Å²) in [6.07, 6.45) is 2.74. The second-order valence-corrected chi connectivity index (χ2v) is 7.58. The first kappa shape index (κ1) is 19.7. The van der Waals surface area contributed by atoms with Crippen molar-refractivity contribution in [1.82, 2.24) is 10.2 Å². The number of nitrogens with one attached hydrogen (secondary N) is 1. The molecule has 2 aromatic carbocycles. The molecule has 0 bridgehead atoms. The third kappa shape index (κ3) is 5.47. The Labute approximate surface area is 169 Å². The predicted octanol–water partition coefficient (Wildman–Crippen LogP) is 4.35. The number of nitrogens with zero attached hydrogens (tertiary/aromatic N) is 1. The zero-order chi connectivity index (χ0) is 19.2. The van der Waals surface area contributed by atoms with Gasteiger partial charge in [-0.1, -0.05) is 53.5 Å². The standard InChI is InChI=1S/C21H22Cl2N2O2/c22-16-7-8-19(23)18(14-16)21(27)24-17-10-12-25(13-11-17)20(26)9-6-15-4-2-1-3-5-15/h1-5,7-8,14,17H,6,9-13H2,(H,24,27). The molecule has 142 valence electrons. The van der Waals surface area contributed by atoms with Gasteiger partial charge in [-0.2, -0.15) is 0 Å². The van der Waals surface area contributed by atoms with Crippen LogP contribution in [0.2, 0.25) is 10.0 Å². The maximum atomic E-state index is 12.4. The van der Waals surface area contributed by atoms with Crippen molar-refractivity contribution in [3.05, 3.63) is 69.7 Å². The lowest BCUT2D eigenvalue weighted by atomic mass is 10.0. The van der Waals surface area contributed by atoms with Crippen LogP contribution in [0.3, 0.4) is 0 Å². The molecule has 0 radical (unpaired) electrons. The van der Waals surface area contributed by atoms with Gasteiger partial charge in [0.05, 0.1) is 10.6 Å². The van der Waals surface area contributed by atoms with Gasteiger partial charge >= 0.3 is 0 Å². The summed E-state index contributed by atoms with van der Waals surface area (Å²) in [5.74, 6) is -0.0575. The molecular weight excluding hydrogens is 383 g/mol. The van der Waals surface area contributed by atoms with Crippen molar-refractivity contribution in [3.8, 4) is 0 Å². The Kier molecular flexibility index (Phi) is 6.75. The molecule has 0 aromatic heterocycles. The molecule has 0 unspecified atom stereocenters. The molecular formula is C21H22Cl2N2O2. The number of carbonyl (C=O) groups excluding carboxylic acids is 2. The van der Waals surface area contributed by atoms with Crippen molar-refractivity contribution in [1.29, 1.82) is 0 Å². The van der Waals surface area contributed by atoms with Gasteiger partial charge in [0.2, 0.25) is 5.91 Å². The van der Waals surface area contributed by atoms with E-state index in [9.17, 15) is 9.59 Å². The van der Waals surface area contributed by atoms with Crippen LogP contribution in [0.5, 0.6) is 0 Å². The maximum absolute atomic E-state index is 12.4. The number of hydrogen-bond acceptors (Lipinski definition) is 2. The quantitative estimate of drug-likeness (QED) is 0.804. The fourth-order valence-electron chi connectivity index (χ4n) is 3.26. The van der Waals surface area contributed by atoms with E-state index in [1.165, 1.54) is 5.56 Å². The van der Waals surface area contributed by atoms with E-state index in [1.807, 2.05) is 35.2 Å². The third-order valence-electron chi connectivity index (χ3n) is 4.83. The molecule has 27 heavy (non-hydrogen) atoms. The highest BCUT2D eigenvalue weighted by molar-refractivity contribution is 6.35. The highest BCUT2D eigenvalue weighted by Crippen LogP contribution is 2.21. The predicted molar refractivity (Wildman–Crippen MR) is 108 cm³/mol. The van der Waals surface area contributed by atoms with Gasteiger partial charge in [0.25, 0.3) is 5.91 Å². The highest BCUT2D eigenvalue weighted by Gasteiger charge is 2.24. The number of amides is 2. The number of piperidine rings is 1. The molecule has 1 aliphatic rings. The average molecular weight is 405 g/mol. The number of carbonyl (C=O) groups is 2. The summed E-state index contributed by atoms with van der Waals surface area (Å²) in [4.78, 5) is 26.7. The summed E-state index contributed by atoms with van der Waals surface area (Å²) in [6, 6.07) is 14.9. The Balaban J connectivity index is 1.46. The molecule has 2 amide bonds. The zero-order valence-electron chi connectivity index (χ0n) is 15.0. The Hall–Kier alpha value is -2.04. The number of benzene rings is 2. The number of halogens is 2. The minimum absolute atomic E-state index is 0.0331. The number of hydrogen-bond donors (Lipinski definition) is 1. The van der Waals surface area contributed by atoms with Crippen LogP contribution in [0.15, 0.2) is 48.5 Å². The Morgan fingerprint density at radius 2 is 1.74 bits per heavy atom. The van der Waals surface area contributed by atoms with Crippen molar-refractivity contribution >= 4 is 35.0 Å². The second kappa shape index (κ2) is 9.25. The molecule has 1 saturated heterocycles. The van der Waals surface area contributed by atoms with Crippen molar-refractivity contribution < 1.29 is 9.59 Å². The van der Waals surface area contributed by atoms with E-state index in [0.717, 1.165) is 19.3 Å². The van der Waals surface area contributed by atoms with E-state index in [2.05, 4.69) is 5.32 Å². The summed E-state index contributed by atoms with van der Waals surface area (Å²) in [6.45, 7) is 1.31. The first-order valence-corrected chi connectivity index (χ1v) is 9.86. The lowest BCUT2D eigenvalue weighted by molar-refractivity contribution is -0.132. The largest absolute Gasteiger partial charge is 0.349 e. The van der Waals surface area contributed by atoms with Crippen LogP contribution in [0.1, 0.15) is 35.2 Å². The average Bonchev–Trinajstić information content (AvgIpc) is 2.69. The van der Waals surface area contributed by atoms with Crippen LogP contribution in [0, 0.1) is 0 Å². The van der Waals surface area contributed by atoms with Gasteiger partial charge in [-0.3, -0.25) is 9.59 Å². The monoisotopic (exact) mass is 404 g/mol. The number of likely N-dealkylation sites (tertiary alicyclic amines) is 1. The van der Waals surface area contributed by atoms with Crippen molar-refractivity contribution in [2.75, 3.05) is 13.1 Å². The van der Waals surface area contributed by atoms with Gasteiger partial charge in [-0.25, -0.2) is 0 Å². The van der Waals surface area contributed by atoms with Crippen LogP contribution in [0.25, 0.3) is 0 Å². The van der Waals surface area contributed by atoms with Crippen LogP contribution in [-0.4, -0.2) is 35.8 Å². The van der Waals surface area contributed by atoms with Crippen LogP contribution >= 0.6 is 23.2 Å². The lowest BCUT2D eigenvalue weighted by Gasteiger charge is -2.32. The van der Waals surface area contributed by atoms with Gasteiger partial charge in [0, 0.05) is 30.6 Å². The topological polar surface area (TPSA) is 49.4 Å². The first-order valence-electron chi connectivity index (χ1n) is 9.10. The lowest BCUT2D eigenvalue weighted by Crippen LogP contribution is -2.46. The summed E-state index contributed by atoms with van der Waals surface area (Å²) < 4.78 is 0. The normalized spacial score (nSPS) is 14.8. The Morgan fingerprint density at radius 3 is 2.44 bits per heavy atom. The van der Waals surface area contributed by atoms with Crippen molar-refractivity contribution in [2.45, 2.75) is 31.7 Å². The molecule has 0 atom stereocenters. The van der Waals surface area contributed by atoms with Gasteiger partial charge < -0.3 is 10.2 Å². The van der Waals surface area contributed by atoms with Crippen molar-refractivity contribution in [3.63, 3.8) is 0 Å². The van der Waals surface area contributed by atoms with E-state index in [0.29, 0.717) is 35.1 Å². The minimum atomic E-state index is -0.226. The molecule has 6 heteroatoms. The Bertz CT molecular complexity index is 803. The van der Waals surface area contributed by atoms with Gasteiger partial charge in [-0.15, -0.1) is 0 Å².